The van der Waals surface area contributed by atoms with Gasteiger partial charge in [-0.1, -0.05) is 18.2 Å². The average molecular weight is 251 g/mol. The summed E-state index contributed by atoms with van der Waals surface area (Å²) < 4.78 is 5.65. The zero-order valence-corrected chi connectivity index (χ0v) is 11.1. The molecule has 0 radical (unpaired) electrons. The van der Waals surface area contributed by atoms with Crippen molar-refractivity contribution in [2.45, 2.75) is 39.3 Å². The van der Waals surface area contributed by atoms with Gasteiger partial charge in [-0.3, -0.25) is 4.79 Å². The first-order chi connectivity index (χ1) is 8.52. The van der Waals surface area contributed by atoms with E-state index in [1.807, 2.05) is 38.1 Å². The maximum atomic E-state index is 11.7. The van der Waals surface area contributed by atoms with Gasteiger partial charge in [-0.25, -0.2) is 0 Å². The molecular formula is C14H21NO3. The van der Waals surface area contributed by atoms with E-state index in [-0.39, 0.29) is 31.1 Å². The fourth-order valence-electron chi connectivity index (χ4n) is 1.56. The predicted octanol–water partition coefficient (Wildman–Crippen LogP) is 1.51. The molecule has 100 valence electrons. The minimum Gasteiger partial charge on any atom is -0.491 e. The second-order valence-electron chi connectivity index (χ2n) is 4.60. The van der Waals surface area contributed by atoms with E-state index in [4.69, 9.17) is 9.84 Å². The van der Waals surface area contributed by atoms with E-state index in [9.17, 15) is 4.79 Å². The first-order valence-corrected chi connectivity index (χ1v) is 6.17. The van der Waals surface area contributed by atoms with Gasteiger partial charge in [0, 0.05) is 11.6 Å². The number of rotatable bonds is 6. The predicted molar refractivity (Wildman–Crippen MR) is 70.6 cm³/mol. The van der Waals surface area contributed by atoms with Crippen LogP contribution in [0.2, 0.25) is 0 Å². The molecule has 1 aromatic carbocycles. The van der Waals surface area contributed by atoms with Crippen molar-refractivity contribution in [1.82, 2.24) is 5.32 Å². The Labute approximate surface area is 108 Å². The summed E-state index contributed by atoms with van der Waals surface area (Å²) in [5, 5.41) is 11.6. The van der Waals surface area contributed by atoms with Crippen LogP contribution >= 0.6 is 0 Å². The Kier molecular flexibility index (Phi) is 5.65. The number of benzene rings is 1. The van der Waals surface area contributed by atoms with Gasteiger partial charge in [0.15, 0.2) is 0 Å². The summed E-state index contributed by atoms with van der Waals surface area (Å²) in [5.41, 5.74) is 0.855. The maximum Gasteiger partial charge on any atom is 0.224 e. The molecule has 2 N–H and O–H groups in total. The lowest BCUT2D eigenvalue weighted by Crippen LogP contribution is -2.36. The van der Waals surface area contributed by atoms with Crippen LogP contribution in [0.3, 0.4) is 0 Å². The molecule has 0 fully saturated rings. The van der Waals surface area contributed by atoms with Crippen LogP contribution in [0.15, 0.2) is 24.3 Å². The first-order valence-electron chi connectivity index (χ1n) is 6.17. The van der Waals surface area contributed by atoms with Crippen molar-refractivity contribution in [2.75, 3.05) is 6.61 Å². The van der Waals surface area contributed by atoms with Gasteiger partial charge in [0.2, 0.25) is 5.91 Å². The van der Waals surface area contributed by atoms with E-state index < -0.39 is 0 Å². The highest BCUT2D eigenvalue weighted by Crippen LogP contribution is 2.19. The standard InChI is InChI=1S/C14H21NO3/c1-10(2)18-13-7-5-4-6-12(13)8-14(17)15-11(3)9-16/h4-7,10-11,16H,8-9H2,1-3H3,(H,15,17). The monoisotopic (exact) mass is 251 g/mol. The Hall–Kier alpha value is -1.55. The molecule has 0 heterocycles. The van der Waals surface area contributed by atoms with Crippen LogP contribution in [0, 0.1) is 0 Å². The molecule has 0 saturated heterocycles. The molecule has 0 spiro atoms. The van der Waals surface area contributed by atoms with Crippen molar-refractivity contribution in [2.24, 2.45) is 0 Å². The topological polar surface area (TPSA) is 58.6 Å². The molecule has 0 saturated carbocycles. The van der Waals surface area contributed by atoms with E-state index >= 15 is 0 Å². The highest BCUT2D eigenvalue weighted by molar-refractivity contribution is 5.79. The highest BCUT2D eigenvalue weighted by Gasteiger charge is 2.11. The number of aliphatic hydroxyl groups is 1. The molecule has 1 unspecified atom stereocenters. The fourth-order valence-corrected chi connectivity index (χ4v) is 1.56. The Balaban J connectivity index is 2.68. The lowest BCUT2D eigenvalue weighted by molar-refractivity contribution is -0.121. The second-order valence-corrected chi connectivity index (χ2v) is 4.60. The Morgan fingerprint density at radius 2 is 2.00 bits per heavy atom. The van der Waals surface area contributed by atoms with Crippen molar-refractivity contribution >= 4 is 5.91 Å². The Morgan fingerprint density at radius 1 is 1.33 bits per heavy atom. The molecule has 0 aromatic heterocycles. The summed E-state index contributed by atoms with van der Waals surface area (Å²) in [4.78, 5) is 11.7. The van der Waals surface area contributed by atoms with Gasteiger partial charge < -0.3 is 15.2 Å². The fraction of sp³-hybridized carbons (Fsp3) is 0.500. The number of carbonyl (C=O) groups excluding carboxylic acids is 1. The summed E-state index contributed by atoms with van der Waals surface area (Å²) in [6.45, 7) is 5.60. The molecule has 4 heteroatoms. The molecule has 0 aliphatic rings. The van der Waals surface area contributed by atoms with Gasteiger partial charge in [0.25, 0.3) is 0 Å². The lowest BCUT2D eigenvalue weighted by atomic mass is 10.1. The van der Waals surface area contributed by atoms with Gasteiger partial charge in [0.1, 0.15) is 5.75 Å². The first kappa shape index (κ1) is 14.5. The number of hydrogen-bond acceptors (Lipinski definition) is 3. The van der Waals surface area contributed by atoms with Crippen molar-refractivity contribution in [3.05, 3.63) is 29.8 Å². The number of aliphatic hydroxyl groups excluding tert-OH is 1. The molecular weight excluding hydrogens is 230 g/mol. The third kappa shape index (κ3) is 4.75. The molecule has 1 amide bonds. The van der Waals surface area contributed by atoms with Crippen molar-refractivity contribution in [1.29, 1.82) is 0 Å². The van der Waals surface area contributed by atoms with Crippen LogP contribution in [0.1, 0.15) is 26.3 Å². The molecule has 1 atom stereocenters. The largest absolute Gasteiger partial charge is 0.491 e. The second kappa shape index (κ2) is 7.01. The summed E-state index contributed by atoms with van der Waals surface area (Å²) >= 11 is 0. The molecule has 4 nitrogen and oxygen atoms in total. The molecule has 18 heavy (non-hydrogen) atoms. The van der Waals surface area contributed by atoms with Gasteiger partial charge in [0.05, 0.1) is 19.1 Å². The number of carbonyl (C=O) groups is 1. The Bertz CT molecular complexity index is 390. The normalized spacial score (nSPS) is 12.3. The van der Waals surface area contributed by atoms with Gasteiger partial charge in [-0.2, -0.15) is 0 Å². The lowest BCUT2D eigenvalue weighted by Gasteiger charge is -2.15. The molecule has 0 aliphatic carbocycles. The average Bonchev–Trinajstić information content (AvgIpc) is 2.30. The summed E-state index contributed by atoms with van der Waals surface area (Å²) in [6.07, 6.45) is 0.332. The SMILES string of the molecule is CC(CO)NC(=O)Cc1ccccc1OC(C)C. The van der Waals surface area contributed by atoms with Crippen molar-refractivity contribution in [3.8, 4) is 5.75 Å². The molecule has 0 bridgehead atoms. The zero-order chi connectivity index (χ0) is 13.5. The third-order valence-electron chi connectivity index (χ3n) is 2.37. The summed E-state index contributed by atoms with van der Waals surface area (Å²) in [5.74, 6) is 0.621. The van der Waals surface area contributed by atoms with E-state index in [0.717, 1.165) is 11.3 Å². The van der Waals surface area contributed by atoms with Gasteiger partial charge in [-0.05, 0) is 26.8 Å². The van der Waals surface area contributed by atoms with Gasteiger partial charge in [-0.15, -0.1) is 0 Å². The zero-order valence-electron chi connectivity index (χ0n) is 11.1. The minimum atomic E-state index is -0.226. The van der Waals surface area contributed by atoms with E-state index in [1.165, 1.54) is 0 Å². The number of hydrogen-bond donors (Lipinski definition) is 2. The minimum absolute atomic E-state index is 0.0596. The van der Waals surface area contributed by atoms with Crippen molar-refractivity contribution in [3.63, 3.8) is 0 Å². The van der Waals surface area contributed by atoms with Crippen LogP contribution < -0.4 is 10.1 Å². The highest BCUT2D eigenvalue weighted by atomic mass is 16.5. The number of para-hydroxylation sites is 1. The summed E-state index contributed by atoms with van der Waals surface area (Å²) in [6, 6.07) is 7.27. The Morgan fingerprint density at radius 3 is 2.61 bits per heavy atom. The number of ether oxygens (including phenoxy) is 1. The maximum absolute atomic E-state index is 11.7. The summed E-state index contributed by atoms with van der Waals surface area (Å²) in [7, 11) is 0. The number of nitrogens with one attached hydrogen (secondary N) is 1. The van der Waals surface area contributed by atoms with Crippen LogP contribution in [-0.4, -0.2) is 29.8 Å². The molecule has 1 aromatic rings. The van der Waals surface area contributed by atoms with Crippen LogP contribution in [0.25, 0.3) is 0 Å². The van der Waals surface area contributed by atoms with E-state index in [2.05, 4.69) is 5.32 Å². The number of amides is 1. The van der Waals surface area contributed by atoms with E-state index in [0.29, 0.717) is 0 Å². The third-order valence-corrected chi connectivity index (χ3v) is 2.37. The van der Waals surface area contributed by atoms with Crippen LogP contribution in [0.5, 0.6) is 5.75 Å². The van der Waals surface area contributed by atoms with E-state index in [1.54, 1.807) is 6.92 Å². The smallest absolute Gasteiger partial charge is 0.224 e. The van der Waals surface area contributed by atoms with Crippen LogP contribution in [0.4, 0.5) is 0 Å². The van der Waals surface area contributed by atoms with Gasteiger partial charge >= 0.3 is 0 Å². The molecule has 1 rings (SSSR count). The quantitative estimate of drug-likeness (QED) is 0.805. The van der Waals surface area contributed by atoms with Crippen LogP contribution in [-0.2, 0) is 11.2 Å². The molecule has 0 aliphatic heterocycles. The van der Waals surface area contributed by atoms with Crippen molar-refractivity contribution < 1.29 is 14.6 Å².